The topological polar surface area (TPSA) is 103 Å². The number of amides is 2. The summed E-state index contributed by atoms with van der Waals surface area (Å²) in [7, 11) is 0. The number of aromatic nitrogens is 2. The Balaban J connectivity index is 1.55. The molecule has 4 rings (SSSR count). The van der Waals surface area contributed by atoms with Crippen LogP contribution in [0.3, 0.4) is 0 Å². The van der Waals surface area contributed by atoms with Crippen LogP contribution in [0.1, 0.15) is 31.3 Å². The fraction of sp³-hybridized carbons (Fsp3) is 0. The molecule has 2 amide bonds. The lowest BCUT2D eigenvalue weighted by Crippen LogP contribution is -2.32. The highest BCUT2D eigenvalue weighted by molar-refractivity contribution is 6.21. The number of nitrogens with zero attached hydrogens (tertiary/aromatic N) is 3. The predicted molar refractivity (Wildman–Crippen MR) is 82.1 cm³/mol. The van der Waals surface area contributed by atoms with Crippen molar-refractivity contribution in [2.45, 2.75) is 0 Å². The van der Waals surface area contributed by atoms with Crippen molar-refractivity contribution in [2.24, 2.45) is 0 Å². The van der Waals surface area contributed by atoms with E-state index in [1.54, 1.807) is 36.7 Å². The number of benzene rings is 1. The molecule has 1 aliphatic rings. The van der Waals surface area contributed by atoms with Gasteiger partial charge in [-0.3, -0.25) is 14.6 Å². The zero-order valence-electron chi connectivity index (χ0n) is 12.6. The van der Waals surface area contributed by atoms with Gasteiger partial charge in [-0.05, 0) is 24.3 Å². The van der Waals surface area contributed by atoms with Crippen molar-refractivity contribution >= 4 is 17.8 Å². The standard InChI is InChI=1S/C17H9N3O5/c21-15-11-3-1-2-4-12(11)16(22)20(15)25-17(23)14-9-13(19-24-14)10-5-7-18-8-6-10/h1-9H. The summed E-state index contributed by atoms with van der Waals surface area (Å²) in [6.07, 6.45) is 3.14. The highest BCUT2D eigenvalue weighted by Crippen LogP contribution is 2.24. The smallest absolute Gasteiger partial charge is 0.348 e. The summed E-state index contributed by atoms with van der Waals surface area (Å²) in [6, 6.07) is 10.9. The molecule has 0 saturated heterocycles. The van der Waals surface area contributed by atoms with Crippen molar-refractivity contribution in [3.05, 3.63) is 71.7 Å². The first kappa shape index (κ1) is 14.8. The number of fused-ring (bicyclic) bond motifs is 1. The van der Waals surface area contributed by atoms with Crippen molar-refractivity contribution in [2.75, 3.05) is 0 Å². The van der Waals surface area contributed by atoms with Gasteiger partial charge in [0.05, 0.1) is 11.1 Å². The molecule has 0 N–H and O–H groups in total. The Morgan fingerprint density at radius 1 is 1.00 bits per heavy atom. The molecule has 1 aromatic carbocycles. The van der Waals surface area contributed by atoms with Gasteiger partial charge in [0.2, 0.25) is 5.76 Å². The van der Waals surface area contributed by atoms with Crippen molar-refractivity contribution in [3.8, 4) is 11.3 Å². The molecule has 8 heteroatoms. The second-order valence-electron chi connectivity index (χ2n) is 5.14. The molecule has 3 aromatic rings. The average molecular weight is 335 g/mol. The second-order valence-corrected chi connectivity index (χ2v) is 5.14. The summed E-state index contributed by atoms with van der Waals surface area (Å²) >= 11 is 0. The van der Waals surface area contributed by atoms with Gasteiger partial charge in [0, 0.05) is 24.0 Å². The molecule has 0 radical (unpaired) electrons. The molecular weight excluding hydrogens is 326 g/mol. The van der Waals surface area contributed by atoms with Crippen LogP contribution in [-0.2, 0) is 4.84 Å². The third-order valence-corrected chi connectivity index (χ3v) is 3.62. The summed E-state index contributed by atoms with van der Waals surface area (Å²) in [6.45, 7) is 0. The molecule has 8 nitrogen and oxygen atoms in total. The maximum atomic E-state index is 12.2. The van der Waals surface area contributed by atoms with Crippen LogP contribution >= 0.6 is 0 Å². The number of hydrogen-bond acceptors (Lipinski definition) is 7. The minimum atomic E-state index is -0.998. The Morgan fingerprint density at radius 2 is 1.64 bits per heavy atom. The van der Waals surface area contributed by atoms with Crippen LogP contribution in [0, 0.1) is 0 Å². The molecule has 2 aromatic heterocycles. The highest BCUT2D eigenvalue weighted by Gasteiger charge is 2.39. The summed E-state index contributed by atoms with van der Waals surface area (Å²) in [4.78, 5) is 45.3. The van der Waals surface area contributed by atoms with Crippen molar-refractivity contribution < 1.29 is 23.7 Å². The van der Waals surface area contributed by atoms with Crippen LogP contribution in [0.4, 0.5) is 0 Å². The molecule has 0 bridgehead atoms. The van der Waals surface area contributed by atoms with Gasteiger partial charge in [0.15, 0.2) is 0 Å². The van der Waals surface area contributed by atoms with Gasteiger partial charge in [0.1, 0.15) is 5.69 Å². The number of carbonyl (C=O) groups is 3. The molecule has 0 fully saturated rings. The van der Waals surface area contributed by atoms with Gasteiger partial charge in [0.25, 0.3) is 11.8 Å². The van der Waals surface area contributed by atoms with Gasteiger partial charge < -0.3 is 9.36 Å². The van der Waals surface area contributed by atoms with Gasteiger partial charge in [-0.15, -0.1) is 0 Å². The SMILES string of the molecule is O=C(ON1C(=O)c2ccccc2C1=O)c1cc(-c2ccncc2)no1. The molecule has 122 valence electrons. The molecular formula is C17H9N3O5. The van der Waals surface area contributed by atoms with E-state index in [4.69, 9.17) is 9.36 Å². The third-order valence-electron chi connectivity index (χ3n) is 3.62. The zero-order chi connectivity index (χ0) is 17.4. The quantitative estimate of drug-likeness (QED) is 0.675. The fourth-order valence-corrected chi connectivity index (χ4v) is 2.41. The summed E-state index contributed by atoms with van der Waals surface area (Å²) in [5.41, 5.74) is 1.45. The summed E-state index contributed by atoms with van der Waals surface area (Å²) < 4.78 is 4.94. The number of imide groups is 1. The number of rotatable bonds is 3. The van der Waals surface area contributed by atoms with Crippen LogP contribution in [-0.4, -0.2) is 33.0 Å². The van der Waals surface area contributed by atoms with E-state index in [0.717, 1.165) is 0 Å². The Bertz CT molecular complexity index is 961. The molecule has 0 saturated carbocycles. The van der Waals surface area contributed by atoms with Crippen molar-refractivity contribution in [1.29, 1.82) is 0 Å². The number of pyridine rings is 1. The number of carbonyl (C=O) groups excluding carboxylic acids is 3. The van der Waals surface area contributed by atoms with Crippen LogP contribution in [0.25, 0.3) is 11.3 Å². The summed E-state index contributed by atoms with van der Waals surface area (Å²) in [5.74, 6) is -2.64. The first-order valence-electron chi connectivity index (χ1n) is 7.22. The van der Waals surface area contributed by atoms with E-state index in [0.29, 0.717) is 16.3 Å². The molecule has 0 spiro atoms. The lowest BCUT2D eigenvalue weighted by atomic mass is 10.1. The molecule has 1 aliphatic heterocycles. The van der Waals surface area contributed by atoms with Gasteiger partial charge >= 0.3 is 5.97 Å². The minimum Gasteiger partial charge on any atom is -0.348 e. The Kier molecular flexibility index (Phi) is 3.35. The molecule has 0 unspecified atom stereocenters. The monoisotopic (exact) mass is 335 g/mol. The van der Waals surface area contributed by atoms with E-state index in [2.05, 4.69) is 10.1 Å². The maximum absolute atomic E-state index is 12.2. The van der Waals surface area contributed by atoms with E-state index in [1.807, 2.05) is 0 Å². The van der Waals surface area contributed by atoms with E-state index in [1.165, 1.54) is 18.2 Å². The predicted octanol–water partition coefficient (Wildman–Crippen LogP) is 2.10. The number of hydroxylamine groups is 2. The highest BCUT2D eigenvalue weighted by atomic mass is 16.7. The number of hydrogen-bond donors (Lipinski definition) is 0. The molecule has 25 heavy (non-hydrogen) atoms. The fourth-order valence-electron chi connectivity index (χ4n) is 2.41. The van der Waals surface area contributed by atoms with Crippen LogP contribution in [0.5, 0.6) is 0 Å². The van der Waals surface area contributed by atoms with Crippen LogP contribution < -0.4 is 0 Å². The lowest BCUT2D eigenvalue weighted by Gasteiger charge is -2.10. The maximum Gasteiger partial charge on any atom is 0.401 e. The average Bonchev–Trinajstić information content (AvgIpc) is 3.23. The van der Waals surface area contributed by atoms with Crippen molar-refractivity contribution in [1.82, 2.24) is 15.2 Å². The molecule has 0 aliphatic carbocycles. The molecule has 3 heterocycles. The Hall–Kier alpha value is -3.81. The van der Waals surface area contributed by atoms with Gasteiger partial charge in [-0.2, -0.15) is 0 Å². The minimum absolute atomic E-state index is 0.176. The van der Waals surface area contributed by atoms with E-state index in [-0.39, 0.29) is 16.9 Å². The first-order chi connectivity index (χ1) is 12.1. The van der Waals surface area contributed by atoms with E-state index < -0.39 is 17.8 Å². The summed E-state index contributed by atoms with van der Waals surface area (Å²) in [5, 5.41) is 4.19. The van der Waals surface area contributed by atoms with Crippen LogP contribution in [0.2, 0.25) is 0 Å². The second kappa shape index (κ2) is 5.68. The Labute approximate surface area is 140 Å². The third kappa shape index (κ3) is 2.45. The lowest BCUT2D eigenvalue weighted by molar-refractivity contribution is -0.0607. The Morgan fingerprint density at radius 3 is 2.28 bits per heavy atom. The normalized spacial score (nSPS) is 13.0. The van der Waals surface area contributed by atoms with Crippen LogP contribution in [0.15, 0.2) is 59.4 Å². The van der Waals surface area contributed by atoms with E-state index >= 15 is 0 Å². The van der Waals surface area contributed by atoms with Gasteiger partial charge in [-0.25, -0.2) is 4.79 Å². The zero-order valence-corrected chi connectivity index (χ0v) is 12.6. The van der Waals surface area contributed by atoms with E-state index in [9.17, 15) is 14.4 Å². The first-order valence-corrected chi connectivity index (χ1v) is 7.22. The molecule has 0 atom stereocenters. The van der Waals surface area contributed by atoms with Gasteiger partial charge in [-0.1, -0.05) is 22.4 Å². The largest absolute Gasteiger partial charge is 0.401 e. The van der Waals surface area contributed by atoms with Crippen molar-refractivity contribution in [3.63, 3.8) is 0 Å².